The van der Waals surface area contributed by atoms with Crippen molar-refractivity contribution in [2.45, 2.75) is 73.2 Å². The Balaban J connectivity index is 1.03. The van der Waals surface area contributed by atoms with Crippen molar-refractivity contribution in [3.63, 3.8) is 0 Å². The predicted octanol–water partition coefficient (Wildman–Crippen LogP) is 8.65. The molecule has 252 valence electrons. The summed E-state index contributed by atoms with van der Waals surface area (Å²) in [6, 6.07) is 8.64. The zero-order valence-corrected chi connectivity index (χ0v) is 30.5. The lowest BCUT2D eigenvalue weighted by Gasteiger charge is -2.36. The average Bonchev–Trinajstić information content (AvgIpc) is 3.84. The largest absolute Gasteiger partial charge is 0.339 e. The topological polar surface area (TPSA) is 47.1 Å². The summed E-state index contributed by atoms with van der Waals surface area (Å²) >= 11 is 28.1. The molecule has 4 heterocycles. The first kappa shape index (κ1) is 35.1. The number of hydrogen-bond acceptors (Lipinski definition) is 5. The van der Waals surface area contributed by atoms with Crippen molar-refractivity contribution >= 4 is 82.1 Å². The Kier molecular flexibility index (Phi) is 12.2. The van der Waals surface area contributed by atoms with Crippen LogP contribution in [-0.4, -0.2) is 95.9 Å². The molecule has 0 unspecified atom stereocenters. The Bertz CT molecular complexity index is 1400. The Hall–Kier alpha value is -1.71. The molecule has 0 atom stereocenters. The molecule has 6 nitrogen and oxygen atoms in total. The molecule has 4 aliphatic rings. The van der Waals surface area contributed by atoms with E-state index in [1.54, 1.807) is 24.3 Å². The Labute approximate surface area is 303 Å². The Morgan fingerprint density at radius 1 is 0.553 bits per heavy atom. The van der Waals surface area contributed by atoms with Crippen molar-refractivity contribution < 1.29 is 9.59 Å². The summed E-state index contributed by atoms with van der Waals surface area (Å²) < 4.78 is 0. The highest BCUT2D eigenvalue weighted by Gasteiger charge is 2.29. The van der Waals surface area contributed by atoms with E-state index < -0.39 is 0 Å². The van der Waals surface area contributed by atoms with Crippen LogP contribution in [0.1, 0.15) is 62.5 Å². The van der Waals surface area contributed by atoms with Gasteiger partial charge in [0.25, 0.3) is 0 Å². The van der Waals surface area contributed by atoms with Crippen LogP contribution in [0.5, 0.6) is 0 Å². The van der Waals surface area contributed by atoms with E-state index in [-0.39, 0.29) is 11.8 Å². The molecule has 0 aromatic heterocycles. The van der Waals surface area contributed by atoms with E-state index in [1.165, 1.54) is 63.6 Å². The first-order valence-electron chi connectivity index (χ1n) is 16.8. The first-order valence-corrected chi connectivity index (χ1v) is 19.2. The third-order valence-corrected chi connectivity index (χ3v) is 13.2. The van der Waals surface area contributed by atoms with Crippen LogP contribution in [0.25, 0.3) is 12.2 Å². The second-order valence-electron chi connectivity index (χ2n) is 12.9. The van der Waals surface area contributed by atoms with Crippen LogP contribution in [0, 0.1) is 0 Å². The molecule has 6 rings (SSSR count). The highest BCUT2D eigenvalue weighted by Crippen LogP contribution is 2.44. The molecular formula is C36H42Cl4N4O2S. The highest BCUT2D eigenvalue weighted by molar-refractivity contribution is 7.99. The molecule has 11 heteroatoms. The van der Waals surface area contributed by atoms with E-state index in [0.29, 0.717) is 43.3 Å². The molecule has 4 fully saturated rings. The molecule has 0 spiro atoms. The van der Waals surface area contributed by atoms with Gasteiger partial charge in [-0.25, -0.2) is 0 Å². The van der Waals surface area contributed by atoms with Crippen LogP contribution in [0.2, 0.25) is 20.1 Å². The summed E-state index contributed by atoms with van der Waals surface area (Å²) in [6.45, 7) is 7.87. The van der Waals surface area contributed by atoms with Gasteiger partial charge in [-0.2, -0.15) is 0 Å². The minimum atomic E-state index is -0.00476. The number of piperidine rings is 2. The van der Waals surface area contributed by atoms with E-state index in [0.717, 1.165) is 61.7 Å². The van der Waals surface area contributed by atoms with Gasteiger partial charge in [-0.05, 0) is 113 Å². The van der Waals surface area contributed by atoms with E-state index in [9.17, 15) is 9.59 Å². The SMILES string of the molecule is O=C(/C=C/c1ccc(Sc2ccc(/C=C/C(=O)N3CCC(N4CCCC4)CC3)c(Cl)c2Cl)c(Cl)c1Cl)N1CCC(N2CCCC2)CC1. The molecule has 4 saturated heterocycles. The van der Waals surface area contributed by atoms with Crippen molar-refractivity contribution in [2.75, 3.05) is 52.4 Å². The van der Waals surface area contributed by atoms with Gasteiger partial charge in [0.1, 0.15) is 0 Å². The summed E-state index contributed by atoms with van der Waals surface area (Å²) in [5, 5.41) is 1.51. The fourth-order valence-corrected chi connectivity index (χ4v) is 9.31. The number of rotatable bonds is 8. The van der Waals surface area contributed by atoms with Gasteiger partial charge in [0, 0.05) is 60.2 Å². The molecule has 0 N–H and O–H groups in total. The smallest absolute Gasteiger partial charge is 0.246 e. The minimum absolute atomic E-state index is 0.00476. The number of amides is 2. The maximum Gasteiger partial charge on any atom is 0.246 e. The maximum atomic E-state index is 12.9. The molecule has 2 aromatic carbocycles. The Morgan fingerprint density at radius 3 is 1.28 bits per heavy atom. The van der Waals surface area contributed by atoms with Crippen molar-refractivity contribution in [2.24, 2.45) is 0 Å². The monoisotopic (exact) mass is 734 g/mol. The molecule has 0 aliphatic carbocycles. The lowest BCUT2D eigenvalue weighted by Crippen LogP contribution is -2.45. The fraction of sp³-hybridized carbons (Fsp3) is 0.500. The lowest BCUT2D eigenvalue weighted by molar-refractivity contribution is -0.128. The zero-order valence-electron chi connectivity index (χ0n) is 26.6. The van der Waals surface area contributed by atoms with Gasteiger partial charge in [-0.3, -0.25) is 9.59 Å². The van der Waals surface area contributed by atoms with Crippen LogP contribution in [-0.2, 0) is 9.59 Å². The Morgan fingerprint density at radius 2 is 0.915 bits per heavy atom. The molecular weight excluding hydrogens is 694 g/mol. The number of carbonyl (C=O) groups is 2. The molecule has 4 aliphatic heterocycles. The van der Waals surface area contributed by atoms with Crippen molar-refractivity contribution in [3.8, 4) is 0 Å². The third kappa shape index (κ3) is 8.54. The molecule has 0 radical (unpaired) electrons. The summed E-state index contributed by atoms with van der Waals surface area (Å²) in [5.41, 5.74) is 1.35. The summed E-state index contributed by atoms with van der Waals surface area (Å²) in [4.78, 5) is 36.3. The maximum absolute atomic E-state index is 12.9. The van der Waals surface area contributed by atoms with E-state index in [1.807, 2.05) is 34.1 Å². The number of benzene rings is 2. The molecule has 2 amide bonds. The highest BCUT2D eigenvalue weighted by atomic mass is 35.5. The molecule has 0 saturated carbocycles. The van der Waals surface area contributed by atoms with Gasteiger partial charge in [0.05, 0.1) is 20.1 Å². The first-order chi connectivity index (χ1) is 22.8. The summed E-state index contributed by atoms with van der Waals surface area (Å²) in [7, 11) is 0. The van der Waals surface area contributed by atoms with Crippen LogP contribution in [0.4, 0.5) is 0 Å². The van der Waals surface area contributed by atoms with Crippen LogP contribution in [0.3, 0.4) is 0 Å². The number of halogens is 4. The third-order valence-electron chi connectivity index (χ3n) is 10.1. The normalized spacial score (nSPS) is 20.8. The number of carbonyl (C=O) groups excluding carboxylic acids is 2. The second kappa shape index (κ2) is 16.3. The van der Waals surface area contributed by atoms with Gasteiger partial charge in [0.15, 0.2) is 0 Å². The quantitative estimate of drug-likeness (QED) is 0.254. The summed E-state index contributed by atoms with van der Waals surface area (Å²) in [5.74, 6) is -0.00951. The van der Waals surface area contributed by atoms with Gasteiger partial charge in [0.2, 0.25) is 11.8 Å². The minimum Gasteiger partial charge on any atom is -0.339 e. The molecule has 0 bridgehead atoms. The van der Waals surface area contributed by atoms with Crippen LogP contribution >= 0.6 is 58.2 Å². The van der Waals surface area contributed by atoms with Gasteiger partial charge in [-0.15, -0.1) is 0 Å². The number of hydrogen-bond donors (Lipinski definition) is 0. The van der Waals surface area contributed by atoms with E-state index in [2.05, 4.69) is 9.80 Å². The van der Waals surface area contributed by atoms with Gasteiger partial charge < -0.3 is 19.6 Å². The second-order valence-corrected chi connectivity index (χ2v) is 15.5. The van der Waals surface area contributed by atoms with Crippen molar-refractivity contribution in [3.05, 3.63) is 67.6 Å². The lowest BCUT2D eigenvalue weighted by atomic mass is 10.0. The van der Waals surface area contributed by atoms with E-state index in [4.69, 9.17) is 46.4 Å². The van der Waals surface area contributed by atoms with E-state index >= 15 is 0 Å². The zero-order chi connectivity index (χ0) is 32.9. The van der Waals surface area contributed by atoms with Gasteiger partial charge >= 0.3 is 0 Å². The molecule has 2 aromatic rings. The van der Waals surface area contributed by atoms with Crippen molar-refractivity contribution in [1.82, 2.24) is 19.6 Å². The van der Waals surface area contributed by atoms with Gasteiger partial charge in [-0.1, -0.05) is 70.3 Å². The molecule has 47 heavy (non-hydrogen) atoms. The summed E-state index contributed by atoms with van der Waals surface area (Å²) in [6.07, 6.45) is 15.9. The average molecular weight is 737 g/mol. The predicted molar refractivity (Wildman–Crippen MR) is 196 cm³/mol. The van der Waals surface area contributed by atoms with Crippen molar-refractivity contribution in [1.29, 1.82) is 0 Å². The van der Waals surface area contributed by atoms with Crippen LogP contribution in [0.15, 0.2) is 46.2 Å². The fourth-order valence-electron chi connectivity index (χ4n) is 7.28. The number of likely N-dealkylation sites (tertiary alicyclic amines) is 4. The van der Waals surface area contributed by atoms with Crippen LogP contribution < -0.4 is 0 Å². The standard InChI is InChI=1S/C36H42Cl4N4O2S/c37-33-25(7-11-31(45)43-21-13-27(14-22-43)41-17-1-2-18-41)5-9-29(35(33)39)47-30-10-6-26(34(38)36(30)40)8-12-32(46)44-23-15-28(16-24-44)42-19-3-4-20-42/h5-12,27-28H,1-4,13-24H2/b11-7+,12-8+. The number of nitrogens with zero attached hydrogens (tertiary/aromatic N) is 4.